The SMILES string of the molecule is CN1CCc2c(c3cc(S(C)(=O)=O)ccc3n2C)C1.Cl. The lowest BCUT2D eigenvalue weighted by Crippen LogP contribution is -2.26. The van der Waals surface area contributed by atoms with Crippen molar-refractivity contribution in [3.05, 3.63) is 29.5 Å². The zero-order chi connectivity index (χ0) is 13.8. The molecule has 0 fully saturated rings. The Kier molecular flexibility index (Phi) is 3.88. The summed E-state index contributed by atoms with van der Waals surface area (Å²) >= 11 is 0. The second kappa shape index (κ2) is 5.06. The van der Waals surface area contributed by atoms with Gasteiger partial charge < -0.3 is 9.47 Å². The number of hydrogen-bond acceptors (Lipinski definition) is 3. The fourth-order valence-electron chi connectivity index (χ4n) is 2.92. The first-order chi connectivity index (χ1) is 8.88. The smallest absolute Gasteiger partial charge is 0.175 e. The largest absolute Gasteiger partial charge is 0.347 e. The van der Waals surface area contributed by atoms with Crippen molar-refractivity contribution in [2.45, 2.75) is 17.9 Å². The van der Waals surface area contributed by atoms with Crippen LogP contribution in [-0.2, 0) is 29.9 Å². The van der Waals surface area contributed by atoms with E-state index in [4.69, 9.17) is 0 Å². The summed E-state index contributed by atoms with van der Waals surface area (Å²) in [5, 5.41) is 1.08. The Hall–Kier alpha value is -1.04. The van der Waals surface area contributed by atoms with Gasteiger partial charge in [-0.05, 0) is 30.8 Å². The van der Waals surface area contributed by atoms with Crippen LogP contribution in [0.5, 0.6) is 0 Å². The molecule has 0 bridgehead atoms. The van der Waals surface area contributed by atoms with Gasteiger partial charge in [-0.25, -0.2) is 8.42 Å². The molecular formula is C14H19ClN2O2S. The molecular weight excluding hydrogens is 296 g/mol. The molecule has 1 aliphatic heterocycles. The molecule has 3 rings (SSSR count). The minimum Gasteiger partial charge on any atom is -0.347 e. The van der Waals surface area contributed by atoms with Crippen molar-refractivity contribution in [3.8, 4) is 0 Å². The summed E-state index contributed by atoms with van der Waals surface area (Å²) in [7, 11) is 1.01. The fourth-order valence-corrected chi connectivity index (χ4v) is 3.57. The van der Waals surface area contributed by atoms with Gasteiger partial charge in [-0.15, -0.1) is 12.4 Å². The van der Waals surface area contributed by atoms with Gasteiger partial charge in [0.2, 0.25) is 0 Å². The fraction of sp³-hybridized carbons (Fsp3) is 0.429. The van der Waals surface area contributed by atoms with Gasteiger partial charge in [-0.1, -0.05) is 0 Å². The van der Waals surface area contributed by atoms with E-state index in [1.807, 2.05) is 12.1 Å². The first-order valence-corrected chi connectivity index (χ1v) is 8.26. The highest BCUT2D eigenvalue weighted by Gasteiger charge is 2.21. The number of sulfone groups is 1. The van der Waals surface area contributed by atoms with Crippen molar-refractivity contribution in [1.82, 2.24) is 9.47 Å². The Morgan fingerprint density at radius 3 is 2.55 bits per heavy atom. The van der Waals surface area contributed by atoms with E-state index in [1.54, 1.807) is 6.07 Å². The maximum atomic E-state index is 11.7. The van der Waals surface area contributed by atoms with E-state index < -0.39 is 9.84 Å². The number of hydrogen-bond donors (Lipinski definition) is 0. The molecule has 0 spiro atoms. The molecule has 0 aliphatic carbocycles. The third kappa shape index (κ3) is 2.34. The minimum atomic E-state index is -3.15. The first kappa shape index (κ1) is 15.4. The predicted molar refractivity (Wildman–Crippen MR) is 83.3 cm³/mol. The normalized spacial score (nSPS) is 15.9. The number of aromatic nitrogens is 1. The Balaban J connectivity index is 0.00000147. The maximum Gasteiger partial charge on any atom is 0.175 e. The Labute approximate surface area is 125 Å². The summed E-state index contributed by atoms with van der Waals surface area (Å²) in [6.07, 6.45) is 2.28. The van der Waals surface area contributed by atoms with E-state index in [0.29, 0.717) is 4.90 Å². The number of fused-ring (bicyclic) bond motifs is 3. The number of nitrogens with zero attached hydrogens (tertiary/aromatic N) is 2. The molecule has 2 aromatic rings. The molecule has 0 amide bonds. The van der Waals surface area contributed by atoms with Gasteiger partial charge in [0.25, 0.3) is 0 Å². The van der Waals surface area contributed by atoms with Crippen molar-refractivity contribution < 1.29 is 8.42 Å². The summed E-state index contributed by atoms with van der Waals surface area (Å²) in [6.45, 7) is 1.94. The van der Waals surface area contributed by atoms with Crippen LogP contribution in [0.25, 0.3) is 10.9 Å². The lowest BCUT2D eigenvalue weighted by molar-refractivity contribution is 0.310. The summed E-state index contributed by atoms with van der Waals surface area (Å²) in [5.41, 5.74) is 3.73. The molecule has 0 saturated carbocycles. The average molecular weight is 315 g/mol. The second-order valence-corrected chi connectivity index (χ2v) is 7.44. The third-order valence-electron chi connectivity index (χ3n) is 3.99. The highest BCUT2D eigenvalue weighted by atomic mass is 35.5. The lowest BCUT2D eigenvalue weighted by atomic mass is 10.1. The molecule has 4 nitrogen and oxygen atoms in total. The van der Waals surface area contributed by atoms with E-state index in [1.165, 1.54) is 17.5 Å². The molecule has 0 unspecified atom stereocenters. The highest BCUT2D eigenvalue weighted by Crippen LogP contribution is 2.31. The van der Waals surface area contributed by atoms with Crippen LogP contribution >= 0.6 is 12.4 Å². The first-order valence-electron chi connectivity index (χ1n) is 6.36. The lowest BCUT2D eigenvalue weighted by Gasteiger charge is -2.23. The second-order valence-electron chi connectivity index (χ2n) is 5.42. The standard InChI is InChI=1S/C14H18N2O2S.ClH/c1-15-7-6-14-12(9-15)11-8-10(19(3,17)18)4-5-13(11)16(14)2;/h4-5,8H,6-7,9H2,1-3H3;1H. The zero-order valence-electron chi connectivity index (χ0n) is 11.9. The van der Waals surface area contributed by atoms with E-state index in [9.17, 15) is 8.42 Å². The maximum absolute atomic E-state index is 11.7. The summed E-state index contributed by atoms with van der Waals surface area (Å²) < 4.78 is 25.6. The van der Waals surface area contributed by atoms with Gasteiger partial charge in [-0.3, -0.25) is 0 Å². The van der Waals surface area contributed by atoms with Crippen LogP contribution in [0.3, 0.4) is 0 Å². The summed E-state index contributed by atoms with van der Waals surface area (Å²) in [4.78, 5) is 2.68. The van der Waals surface area contributed by atoms with Gasteiger partial charge in [0.1, 0.15) is 0 Å². The quantitative estimate of drug-likeness (QED) is 0.808. The summed E-state index contributed by atoms with van der Waals surface area (Å²) in [5.74, 6) is 0. The van der Waals surface area contributed by atoms with Crippen molar-refractivity contribution in [2.75, 3.05) is 19.8 Å². The van der Waals surface area contributed by atoms with Gasteiger partial charge in [-0.2, -0.15) is 0 Å². The molecule has 20 heavy (non-hydrogen) atoms. The molecule has 0 saturated heterocycles. The minimum absolute atomic E-state index is 0. The van der Waals surface area contributed by atoms with Crippen LogP contribution in [0.2, 0.25) is 0 Å². The van der Waals surface area contributed by atoms with Crippen LogP contribution in [0, 0.1) is 0 Å². The number of likely N-dealkylation sites (N-methyl/N-ethyl adjacent to an activating group) is 1. The number of benzene rings is 1. The number of aryl methyl sites for hydroxylation is 1. The molecule has 110 valence electrons. The molecule has 1 aromatic carbocycles. The van der Waals surface area contributed by atoms with Gasteiger partial charge in [0.15, 0.2) is 9.84 Å². The predicted octanol–water partition coefficient (Wildman–Crippen LogP) is 1.99. The third-order valence-corrected chi connectivity index (χ3v) is 5.10. The van der Waals surface area contributed by atoms with E-state index in [2.05, 4.69) is 23.6 Å². The van der Waals surface area contributed by atoms with Crippen molar-refractivity contribution in [3.63, 3.8) is 0 Å². The Bertz CT molecular complexity index is 765. The zero-order valence-corrected chi connectivity index (χ0v) is 13.5. The monoisotopic (exact) mass is 314 g/mol. The molecule has 0 atom stereocenters. The highest BCUT2D eigenvalue weighted by molar-refractivity contribution is 7.90. The molecule has 0 radical (unpaired) electrons. The molecule has 1 aliphatic rings. The van der Waals surface area contributed by atoms with Crippen LogP contribution in [0.4, 0.5) is 0 Å². The van der Waals surface area contributed by atoms with E-state index in [0.717, 1.165) is 30.4 Å². The van der Waals surface area contributed by atoms with Crippen LogP contribution < -0.4 is 0 Å². The van der Waals surface area contributed by atoms with Crippen LogP contribution in [-0.4, -0.2) is 37.7 Å². The number of rotatable bonds is 1. The molecule has 2 heterocycles. The van der Waals surface area contributed by atoms with Crippen molar-refractivity contribution >= 4 is 33.1 Å². The van der Waals surface area contributed by atoms with E-state index >= 15 is 0 Å². The Morgan fingerprint density at radius 2 is 1.90 bits per heavy atom. The van der Waals surface area contributed by atoms with Crippen LogP contribution in [0.1, 0.15) is 11.3 Å². The Morgan fingerprint density at radius 1 is 1.20 bits per heavy atom. The van der Waals surface area contributed by atoms with Crippen molar-refractivity contribution in [2.24, 2.45) is 7.05 Å². The van der Waals surface area contributed by atoms with Gasteiger partial charge >= 0.3 is 0 Å². The molecule has 1 aromatic heterocycles. The van der Waals surface area contributed by atoms with E-state index in [-0.39, 0.29) is 12.4 Å². The van der Waals surface area contributed by atoms with Crippen molar-refractivity contribution in [1.29, 1.82) is 0 Å². The average Bonchev–Trinajstić information content (AvgIpc) is 2.61. The molecule has 0 N–H and O–H groups in total. The number of halogens is 1. The topological polar surface area (TPSA) is 42.3 Å². The summed E-state index contributed by atoms with van der Waals surface area (Å²) in [6, 6.07) is 5.44. The van der Waals surface area contributed by atoms with Crippen LogP contribution in [0.15, 0.2) is 23.1 Å². The van der Waals surface area contributed by atoms with Gasteiger partial charge in [0.05, 0.1) is 4.90 Å². The van der Waals surface area contributed by atoms with Gasteiger partial charge in [0, 0.05) is 49.4 Å². The molecule has 6 heteroatoms.